The van der Waals surface area contributed by atoms with Crippen LogP contribution in [0.5, 0.6) is 5.75 Å². The van der Waals surface area contributed by atoms with Crippen LogP contribution in [-0.2, 0) is 10.0 Å². The summed E-state index contributed by atoms with van der Waals surface area (Å²) in [6, 6.07) is 12.2. The van der Waals surface area contributed by atoms with E-state index in [-0.39, 0.29) is 16.2 Å². The summed E-state index contributed by atoms with van der Waals surface area (Å²) in [6.07, 6.45) is 0. The van der Waals surface area contributed by atoms with E-state index < -0.39 is 10.0 Å². The molecule has 0 unspecified atom stereocenters. The molecule has 20 heavy (non-hydrogen) atoms. The van der Waals surface area contributed by atoms with Gasteiger partial charge in [0.25, 0.3) is 0 Å². The van der Waals surface area contributed by atoms with Crippen molar-refractivity contribution in [1.82, 2.24) is 0 Å². The first-order valence-corrected chi connectivity index (χ1v) is 7.28. The van der Waals surface area contributed by atoms with Gasteiger partial charge in [0.2, 0.25) is 10.0 Å². The van der Waals surface area contributed by atoms with E-state index in [1.54, 1.807) is 30.3 Å². The number of ketones is 1. The fourth-order valence-electron chi connectivity index (χ4n) is 1.72. The van der Waals surface area contributed by atoms with Gasteiger partial charge in [-0.25, -0.2) is 13.6 Å². The van der Waals surface area contributed by atoms with Crippen molar-refractivity contribution in [2.45, 2.75) is 4.90 Å². The first kappa shape index (κ1) is 14.2. The topological polar surface area (TPSA) is 86.5 Å². The molecule has 0 radical (unpaired) electrons. The Labute approximate surface area is 117 Å². The maximum Gasteiger partial charge on any atom is 0.238 e. The van der Waals surface area contributed by atoms with Crippen LogP contribution in [0.3, 0.4) is 0 Å². The van der Waals surface area contributed by atoms with Crippen molar-refractivity contribution in [3.63, 3.8) is 0 Å². The molecule has 0 aliphatic carbocycles. The van der Waals surface area contributed by atoms with E-state index in [0.29, 0.717) is 11.3 Å². The Morgan fingerprint density at radius 1 is 1.05 bits per heavy atom. The number of sulfonamides is 1. The van der Waals surface area contributed by atoms with Gasteiger partial charge in [-0.3, -0.25) is 4.79 Å². The molecular formula is C14H13NO4S. The third-order valence-corrected chi connectivity index (χ3v) is 3.69. The highest BCUT2D eigenvalue weighted by atomic mass is 32.2. The lowest BCUT2D eigenvalue weighted by Crippen LogP contribution is -2.13. The van der Waals surface area contributed by atoms with Crippen LogP contribution < -0.4 is 9.88 Å². The predicted octanol–water partition coefficient (Wildman–Crippen LogP) is 1.57. The lowest BCUT2D eigenvalue weighted by atomic mass is 10.0. The highest BCUT2D eigenvalue weighted by Gasteiger charge is 2.13. The third-order valence-electron chi connectivity index (χ3n) is 2.78. The van der Waals surface area contributed by atoms with Crippen LogP contribution in [0.15, 0.2) is 53.4 Å². The van der Waals surface area contributed by atoms with Crippen LogP contribution in [0.4, 0.5) is 0 Å². The summed E-state index contributed by atoms with van der Waals surface area (Å²) >= 11 is 0. The molecule has 0 saturated heterocycles. The molecule has 2 aromatic rings. The standard InChI is InChI=1S/C14H13NO4S/c1-19-12-7-5-10(6-8-12)14(16)11-3-2-4-13(9-11)20(15,17)18/h2-9H,1H3,(H2,15,17,18). The highest BCUT2D eigenvalue weighted by molar-refractivity contribution is 7.89. The molecule has 0 amide bonds. The van der Waals surface area contributed by atoms with Crippen LogP contribution in [0, 0.1) is 0 Å². The third kappa shape index (κ3) is 3.04. The lowest BCUT2D eigenvalue weighted by molar-refractivity contribution is 0.103. The van der Waals surface area contributed by atoms with Gasteiger partial charge in [0.05, 0.1) is 12.0 Å². The first-order valence-electron chi connectivity index (χ1n) is 5.73. The van der Waals surface area contributed by atoms with Gasteiger partial charge in [-0.2, -0.15) is 0 Å². The number of carbonyl (C=O) groups excluding carboxylic acids is 1. The second-order valence-electron chi connectivity index (χ2n) is 4.13. The highest BCUT2D eigenvalue weighted by Crippen LogP contribution is 2.17. The van der Waals surface area contributed by atoms with E-state index in [1.807, 2.05) is 0 Å². The zero-order valence-corrected chi connectivity index (χ0v) is 11.6. The largest absolute Gasteiger partial charge is 0.497 e. The van der Waals surface area contributed by atoms with Crippen molar-refractivity contribution < 1.29 is 17.9 Å². The summed E-state index contributed by atoms with van der Waals surface area (Å²) in [7, 11) is -2.29. The summed E-state index contributed by atoms with van der Waals surface area (Å²) in [5.74, 6) is 0.359. The second-order valence-corrected chi connectivity index (χ2v) is 5.69. The van der Waals surface area contributed by atoms with Crippen LogP contribution in [-0.4, -0.2) is 21.3 Å². The van der Waals surface area contributed by atoms with Gasteiger partial charge in [0, 0.05) is 11.1 Å². The molecule has 0 heterocycles. The number of hydrogen-bond donors (Lipinski definition) is 1. The minimum Gasteiger partial charge on any atom is -0.497 e. The molecule has 2 rings (SSSR count). The van der Waals surface area contributed by atoms with Crippen molar-refractivity contribution in [3.8, 4) is 5.75 Å². The second kappa shape index (κ2) is 5.44. The maximum absolute atomic E-state index is 12.2. The molecule has 2 N–H and O–H groups in total. The molecule has 0 fully saturated rings. The molecule has 0 aliphatic heterocycles. The Morgan fingerprint density at radius 2 is 1.70 bits per heavy atom. The molecule has 104 valence electrons. The smallest absolute Gasteiger partial charge is 0.238 e. The average molecular weight is 291 g/mol. The zero-order chi connectivity index (χ0) is 14.8. The summed E-state index contributed by atoms with van der Waals surface area (Å²) in [5, 5.41) is 5.05. The monoisotopic (exact) mass is 291 g/mol. The quantitative estimate of drug-likeness (QED) is 0.866. The first-order chi connectivity index (χ1) is 9.41. The Bertz CT molecular complexity index is 736. The summed E-state index contributed by atoms with van der Waals surface area (Å²) in [5.41, 5.74) is 0.707. The van der Waals surface area contributed by atoms with Crippen LogP contribution in [0.1, 0.15) is 15.9 Å². The van der Waals surface area contributed by atoms with Gasteiger partial charge in [0.1, 0.15) is 5.75 Å². The van der Waals surface area contributed by atoms with E-state index in [4.69, 9.17) is 9.88 Å². The lowest BCUT2D eigenvalue weighted by Gasteiger charge is -2.05. The molecule has 0 aliphatic rings. The van der Waals surface area contributed by atoms with Crippen LogP contribution >= 0.6 is 0 Å². The van der Waals surface area contributed by atoms with Gasteiger partial charge in [-0.1, -0.05) is 12.1 Å². The van der Waals surface area contributed by atoms with Crippen molar-refractivity contribution in [1.29, 1.82) is 0 Å². The van der Waals surface area contributed by atoms with E-state index in [9.17, 15) is 13.2 Å². The van der Waals surface area contributed by atoms with E-state index >= 15 is 0 Å². The van der Waals surface area contributed by atoms with Gasteiger partial charge in [-0.05, 0) is 36.4 Å². The minimum atomic E-state index is -3.82. The Hall–Kier alpha value is -2.18. The van der Waals surface area contributed by atoms with Crippen molar-refractivity contribution in [2.24, 2.45) is 5.14 Å². The molecule has 0 saturated carbocycles. The summed E-state index contributed by atoms with van der Waals surface area (Å²) in [6.45, 7) is 0. The zero-order valence-electron chi connectivity index (χ0n) is 10.7. The normalized spacial score (nSPS) is 11.1. The van der Waals surface area contributed by atoms with Crippen LogP contribution in [0.2, 0.25) is 0 Å². The number of rotatable bonds is 4. The van der Waals surface area contributed by atoms with E-state index in [0.717, 1.165) is 0 Å². The Balaban J connectivity index is 2.38. The van der Waals surface area contributed by atoms with Gasteiger partial charge in [0.15, 0.2) is 5.78 Å². The van der Waals surface area contributed by atoms with Gasteiger partial charge < -0.3 is 4.74 Å². The predicted molar refractivity (Wildman–Crippen MR) is 74.2 cm³/mol. The Morgan fingerprint density at radius 3 is 2.25 bits per heavy atom. The summed E-state index contributed by atoms with van der Waals surface area (Å²) < 4.78 is 27.6. The number of hydrogen-bond acceptors (Lipinski definition) is 4. The molecule has 0 spiro atoms. The molecule has 0 bridgehead atoms. The molecule has 0 aromatic heterocycles. The number of ether oxygens (including phenoxy) is 1. The number of carbonyl (C=O) groups is 1. The Kier molecular flexibility index (Phi) is 3.87. The van der Waals surface area contributed by atoms with Gasteiger partial charge in [-0.15, -0.1) is 0 Å². The fraction of sp³-hybridized carbons (Fsp3) is 0.0714. The minimum absolute atomic E-state index is 0.0862. The SMILES string of the molecule is COc1ccc(C(=O)c2cccc(S(N)(=O)=O)c2)cc1. The molecular weight excluding hydrogens is 278 g/mol. The fourth-order valence-corrected chi connectivity index (χ4v) is 2.28. The number of methoxy groups -OCH3 is 1. The number of benzene rings is 2. The van der Waals surface area contributed by atoms with Crippen molar-refractivity contribution in [2.75, 3.05) is 7.11 Å². The van der Waals surface area contributed by atoms with Crippen molar-refractivity contribution >= 4 is 15.8 Å². The van der Waals surface area contributed by atoms with E-state index in [2.05, 4.69) is 0 Å². The number of primary sulfonamides is 1. The van der Waals surface area contributed by atoms with Gasteiger partial charge >= 0.3 is 0 Å². The van der Waals surface area contributed by atoms with Crippen LogP contribution in [0.25, 0.3) is 0 Å². The van der Waals surface area contributed by atoms with Crippen molar-refractivity contribution in [3.05, 3.63) is 59.7 Å². The summed E-state index contributed by atoms with van der Waals surface area (Å²) in [4.78, 5) is 12.2. The molecule has 2 aromatic carbocycles. The molecule has 6 heteroatoms. The molecule has 0 atom stereocenters. The maximum atomic E-state index is 12.2. The molecule has 5 nitrogen and oxygen atoms in total. The number of nitrogens with two attached hydrogens (primary N) is 1. The van der Waals surface area contributed by atoms with E-state index in [1.165, 1.54) is 25.3 Å². The average Bonchev–Trinajstić information content (AvgIpc) is 2.46.